The van der Waals surface area contributed by atoms with E-state index in [2.05, 4.69) is 15.3 Å². The van der Waals surface area contributed by atoms with Crippen molar-refractivity contribution in [2.75, 3.05) is 18.5 Å². The van der Waals surface area contributed by atoms with E-state index in [1.165, 1.54) is 12.1 Å². The highest BCUT2D eigenvalue weighted by Crippen LogP contribution is 2.38. The number of hydrogen-bond donors (Lipinski definition) is 2. The van der Waals surface area contributed by atoms with Crippen LogP contribution in [0.25, 0.3) is 11.0 Å². The van der Waals surface area contributed by atoms with E-state index in [-0.39, 0.29) is 11.8 Å². The summed E-state index contributed by atoms with van der Waals surface area (Å²) in [7, 11) is 0. The Morgan fingerprint density at radius 1 is 1.15 bits per heavy atom. The van der Waals surface area contributed by atoms with Gasteiger partial charge in [-0.3, -0.25) is 9.88 Å². The molecule has 0 fully saturated rings. The minimum Gasteiger partial charge on any atom is -0.489 e. The third-order valence-corrected chi connectivity index (χ3v) is 4.45. The Kier molecular flexibility index (Phi) is 3.24. The van der Waals surface area contributed by atoms with E-state index in [1.807, 2.05) is 22.8 Å². The van der Waals surface area contributed by atoms with Crippen LogP contribution in [0, 0.1) is 5.82 Å². The predicted molar refractivity (Wildman–Crippen MR) is 95.1 cm³/mol. The number of fused-ring (bicyclic) bond motifs is 4. The first-order chi connectivity index (χ1) is 12.7. The Morgan fingerprint density at radius 2 is 1.96 bits per heavy atom. The summed E-state index contributed by atoms with van der Waals surface area (Å²) in [5, 5.41) is 2.97. The molecule has 1 unspecified atom stereocenters. The number of aliphatic imine (C=N–C) groups is 1. The summed E-state index contributed by atoms with van der Waals surface area (Å²) in [5.74, 6) is 1.78. The molecule has 132 valence electrons. The van der Waals surface area contributed by atoms with Crippen molar-refractivity contribution in [3.05, 3.63) is 47.8 Å². The summed E-state index contributed by atoms with van der Waals surface area (Å²) in [6, 6.07) is 10.1. The molecule has 2 aliphatic rings. The molecule has 3 heterocycles. The Hall–Kier alpha value is -3.29. The van der Waals surface area contributed by atoms with E-state index in [0.29, 0.717) is 36.2 Å². The van der Waals surface area contributed by atoms with Crippen LogP contribution in [0.15, 0.2) is 41.4 Å². The first-order valence-corrected chi connectivity index (χ1v) is 8.36. The predicted octanol–water partition coefficient (Wildman–Crippen LogP) is 2.62. The molecule has 0 amide bonds. The van der Waals surface area contributed by atoms with Gasteiger partial charge in [-0.15, -0.1) is 0 Å². The third kappa shape index (κ3) is 2.33. The fraction of sp³-hybridized carbons (Fsp3) is 0.222. The highest BCUT2D eigenvalue weighted by atomic mass is 19.1. The van der Waals surface area contributed by atoms with Gasteiger partial charge in [0.25, 0.3) is 0 Å². The van der Waals surface area contributed by atoms with Crippen molar-refractivity contribution >= 4 is 22.9 Å². The maximum Gasteiger partial charge on any atom is 0.212 e. The van der Waals surface area contributed by atoms with Crippen molar-refractivity contribution in [1.82, 2.24) is 9.55 Å². The molecule has 0 saturated carbocycles. The number of nitrogens with one attached hydrogen (secondary N) is 1. The van der Waals surface area contributed by atoms with Crippen LogP contribution in [0.2, 0.25) is 0 Å². The molecular formula is C18H16FN5O2. The maximum atomic E-state index is 13.7. The summed E-state index contributed by atoms with van der Waals surface area (Å²) < 4.78 is 27.2. The van der Waals surface area contributed by atoms with Gasteiger partial charge in [0.1, 0.15) is 5.82 Å². The molecule has 0 spiro atoms. The molecule has 0 bridgehead atoms. The average Bonchev–Trinajstić information content (AvgIpc) is 2.81. The first kappa shape index (κ1) is 15.0. The summed E-state index contributed by atoms with van der Waals surface area (Å²) in [5.41, 5.74) is 8.14. The Bertz CT molecular complexity index is 1050. The second kappa shape index (κ2) is 5.62. The summed E-state index contributed by atoms with van der Waals surface area (Å²) in [6.45, 7) is 1.20. The van der Waals surface area contributed by atoms with E-state index in [1.54, 1.807) is 6.07 Å². The van der Waals surface area contributed by atoms with Crippen LogP contribution in [-0.4, -0.2) is 28.7 Å². The minimum absolute atomic E-state index is 0.233. The van der Waals surface area contributed by atoms with Gasteiger partial charge >= 0.3 is 0 Å². The van der Waals surface area contributed by atoms with E-state index in [4.69, 9.17) is 15.2 Å². The van der Waals surface area contributed by atoms with E-state index < -0.39 is 6.17 Å². The van der Waals surface area contributed by atoms with Crippen LogP contribution >= 0.6 is 0 Å². The normalized spacial score (nSPS) is 18.7. The van der Waals surface area contributed by atoms with Crippen molar-refractivity contribution in [2.24, 2.45) is 10.7 Å². The maximum absolute atomic E-state index is 13.7. The number of guanidine groups is 1. The van der Waals surface area contributed by atoms with Gasteiger partial charge in [-0.1, -0.05) is 12.1 Å². The molecular weight excluding hydrogens is 337 g/mol. The van der Waals surface area contributed by atoms with Crippen molar-refractivity contribution < 1.29 is 13.9 Å². The zero-order valence-corrected chi connectivity index (χ0v) is 13.8. The lowest BCUT2D eigenvalue weighted by molar-refractivity contribution is 0.297. The number of benzene rings is 2. The molecule has 2 aromatic carbocycles. The second-order valence-electron chi connectivity index (χ2n) is 6.21. The molecule has 2 aliphatic heterocycles. The highest BCUT2D eigenvalue weighted by Gasteiger charge is 2.27. The van der Waals surface area contributed by atoms with Crippen molar-refractivity contribution in [3.8, 4) is 11.5 Å². The van der Waals surface area contributed by atoms with E-state index in [9.17, 15) is 4.39 Å². The number of imidazole rings is 1. The van der Waals surface area contributed by atoms with Gasteiger partial charge < -0.3 is 15.2 Å². The quantitative estimate of drug-likeness (QED) is 0.702. The molecule has 0 saturated heterocycles. The molecule has 0 radical (unpaired) electrons. The summed E-state index contributed by atoms with van der Waals surface area (Å²) >= 11 is 0. The molecule has 1 atom stereocenters. The summed E-state index contributed by atoms with van der Waals surface area (Å²) in [4.78, 5) is 9.06. The number of ether oxygens (including phenoxy) is 2. The largest absolute Gasteiger partial charge is 0.489 e. The van der Waals surface area contributed by atoms with Crippen LogP contribution in [0.1, 0.15) is 18.2 Å². The lowest BCUT2D eigenvalue weighted by atomic mass is 10.1. The molecule has 5 rings (SSSR count). The van der Waals surface area contributed by atoms with Crippen molar-refractivity contribution in [2.45, 2.75) is 12.6 Å². The lowest BCUT2D eigenvalue weighted by Crippen LogP contribution is -2.31. The number of rotatable bonds is 1. The standard InChI is InChI=1S/C18H16FN5O2/c19-11-4-1-3-10(7-11)16-22-17(20)23-18-21-12-8-14-15(9-13(12)24(16)18)26-6-2-5-25-14/h1,3-4,7-9,16H,2,5-6H2,(H3,20,21,22,23). The zero-order valence-electron chi connectivity index (χ0n) is 13.8. The van der Waals surface area contributed by atoms with Crippen LogP contribution in [0.3, 0.4) is 0 Å². The van der Waals surface area contributed by atoms with Crippen LogP contribution < -0.4 is 20.5 Å². The molecule has 3 aromatic rings. The molecule has 7 nitrogen and oxygen atoms in total. The minimum atomic E-state index is -0.517. The number of aromatic nitrogens is 2. The number of nitrogens with zero attached hydrogens (tertiary/aromatic N) is 3. The topological polar surface area (TPSA) is 86.7 Å². The Labute approximate surface area is 148 Å². The SMILES string of the molecule is NC1=NC(c2cccc(F)c2)n2c(nc3cc4c(cc32)OCCCO4)N1. The Balaban J connectivity index is 1.72. The van der Waals surface area contributed by atoms with Gasteiger partial charge in [-0.2, -0.15) is 0 Å². The lowest BCUT2D eigenvalue weighted by Gasteiger charge is -2.24. The highest BCUT2D eigenvalue weighted by molar-refractivity contribution is 5.95. The second-order valence-corrected chi connectivity index (χ2v) is 6.21. The molecule has 1 aromatic heterocycles. The van der Waals surface area contributed by atoms with Crippen LogP contribution in [0.5, 0.6) is 11.5 Å². The smallest absolute Gasteiger partial charge is 0.212 e. The molecule has 0 aliphatic carbocycles. The fourth-order valence-electron chi connectivity index (χ4n) is 3.31. The zero-order chi connectivity index (χ0) is 17.7. The first-order valence-electron chi connectivity index (χ1n) is 8.36. The molecule has 3 N–H and O–H groups in total. The monoisotopic (exact) mass is 353 g/mol. The third-order valence-electron chi connectivity index (χ3n) is 4.45. The van der Waals surface area contributed by atoms with Gasteiger partial charge in [-0.25, -0.2) is 14.4 Å². The van der Waals surface area contributed by atoms with Gasteiger partial charge in [0.05, 0.1) is 24.2 Å². The van der Waals surface area contributed by atoms with Crippen molar-refractivity contribution in [3.63, 3.8) is 0 Å². The van der Waals surface area contributed by atoms with E-state index in [0.717, 1.165) is 17.5 Å². The van der Waals surface area contributed by atoms with Crippen LogP contribution in [-0.2, 0) is 0 Å². The van der Waals surface area contributed by atoms with Crippen molar-refractivity contribution in [1.29, 1.82) is 0 Å². The fourth-order valence-corrected chi connectivity index (χ4v) is 3.31. The molecule has 26 heavy (non-hydrogen) atoms. The van der Waals surface area contributed by atoms with Gasteiger partial charge in [-0.05, 0) is 17.7 Å². The van der Waals surface area contributed by atoms with Crippen LogP contribution in [0.4, 0.5) is 10.3 Å². The average molecular weight is 353 g/mol. The number of halogens is 1. The van der Waals surface area contributed by atoms with E-state index >= 15 is 0 Å². The van der Waals surface area contributed by atoms with Gasteiger partial charge in [0.15, 0.2) is 23.6 Å². The molecule has 8 heteroatoms. The number of nitrogens with two attached hydrogens (primary N) is 1. The number of hydrogen-bond acceptors (Lipinski definition) is 6. The summed E-state index contributed by atoms with van der Waals surface area (Å²) in [6.07, 6.45) is 0.308. The number of anilines is 1. The van der Waals surface area contributed by atoms with Gasteiger partial charge in [0.2, 0.25) is 5.95 Å². The van der Waals surface area contributed by atoms with Gasteiger partial charge in [0, 0.05) is 18.6 Å². The Morgan fingerprint density at radius 3 is 2.77 bits per heavy atom.